The molecule has 1 fully saturated rings. The van der Waals surface area contributed by atoms with Crippen LogP contribution in [0.2, 0.25) is 5.02 Å². The van der Waals surface area contributed by atoms with Crippen molar-refractivity contribution in [2.45, 2.75) is 6.92 Å². The van der Waals surface area contributed by atoms with Crippen LogP contribution in [-0.2, 0) is 14.3 Å². The summed E-state index contributed by atoms with van der Waals surface area (Å²) < 4.78 is 15.6. The first kappa shape index (κ1) is 21.7. The molecule has 7 nitrogen and oxygen atoms in total. The molecule has 1 aliphatic heterocycles. The average molecular weight is 448 g/mol. The number of methoxy groups -OCH3 is 1. The van der Waals surface area contributed by atoms with Crippen LogP contribution in [0.3, 0.4) is 0 Å². The lowest BCUT2D eigenvalue weighted by Crippen LogP contribution is -2.27. The van der Waals surface area contributed by atoms with Gasteiger partial charge < -0.3 is 14.2 Å². The zero-order valence-corrected chi connectivity index (χ0v) is 17.8. The SMILES string of the molecule is CCOC(=O)COc1cc(/C=C2/SC(=O)N(c3ccc(Cl)cc3)C2=O)ccc1OC. The van der Waals surface area contributed by atoms with Gasteiger partial charge in [0.05, 0.1) is 24.3 Å². The third kappa shape index (κ3) is 4.95. The van der Waals surface area contributed by atoms with Gasteiger partial charge in [-0.2, -0.15) is 0 Å². The number of amides is 2. The molecule has 0 N–H and O–H groups in total. The molecular weight excluding hydrogens is 430 g/mol. The van der Waals surface area contributed by atoms with Crippen molar-refractivity contribution in [1.82, 2.24) is 0 Å². The second kappa shape index (κ2) is 9.69. The summed E-state index contributed by atoms with van der Waals surface area (Å²) in [6, 6.07) is 11.4. The lowest BCUT2D eigenvalue weighted by molar-refractivity contribution is -0.145. The van der Waals surface area contributed by atoms with Crippen LogP contribution in [0, 0.1) is 0 Å². The lowest BCUT2D eigenvalue weighted by atomic mass is 10.2. The Morgan fingerprint density at radius 3 is 2.53 bits per heavy atom. The predicted octanol–water partition coefficient (Wildman–Crippen LogP) is 4.53. The van der Waals surface area contributed by atoms with Gasteiger partial charge in [0.25, 0.3) is 11.1 Å². The number of carbonyl (C=O) groups is 3. The zero-order valence-electron chi connectivity index (χ0n) is 16.2. The summed E-state index contributed by atoms with van der Waals surface area (Å²) in [6.45, 7) is 1.68. The van der Waals surface area contributed by atoms with Gasteiger partial charge in [0.1, 0.15) is 0 Å². The van der Waals surface area contributed by atoms with Gasteiger partial charge in [0.15, 0.2) is 18.1 Å². The van der Waals surface area contributed by atoms with Gasteiger partial charge in [0.2, 0.25) is 0 Å². The highest BCUT2D eigenvalue weighted by Crippen LogP contribution is 2.37. The maximum absolute atomic E-state index is 12.8. The molecule has 3 rings (SSSR count). The minimum Gasteiger partial charge on any atom is -0.493 e. The Morgan fingerprint density at radius 1 is 1.13 bits per heavy atom. The van der Waals surface area contributed by atoms with E-state index in [1.54, 1.807) is 55.5 Å². The molecule has 2 aromatic rings. The Labute approximate surface area is 182 Å². The molecule has 30 heavy (non-hydrogen) atoms. The molecule has 0 saturated carbocycles. The van der Waals surface area contributed by atoms with Crippen LogP contribution in [0.15, 0.2) is 47.4 Å². The number of hydrogen-bond acceptors (Lipinski definition) is 7. The number of rotatable bonds is 7. The number of thioether (sulfide) groups is 1. The lowest BCUT2D eigenvalue weighted by Gasteiger charge is -2.12. The maximum Gasteiger partial charge on any atom is 0.344 e. The number of imide groups is 1. The van der Waals surface area contributed by atoms with Gasteiger partial charge in [-0.25, -0.2) is 9.69 Å². The smallest absolute Gasteiger partial charge is 0.344 e. The first-order valence-corrected chi connectivity index (χ1v) is 10.1. The Hall–Kier alpha value is -2.97. The largest absolute Gasteiger partial charge is 0.493 e. The number of halogens is 1. The summed E-state index contributed by atoms with van der Waals surface area (Å²) >= 11 is 6.71. The Bertz CT molecular complexity index is 1010. The van der Waals surface area contributed by atoms with Crippen LogP contribution in [0.5, 0.6) is 11.5 Å². The molecular formula is C21H18ClNO6S. The molecule has 0 atom stereocenters. The number of anilines is 1. The van der Waals surface area contributed by atoms with E-state index in [-0.39, 0.29) is 18.1 Å². The fourth-order valence-electron chi connectivity index (χ4n) is 2.67. The van der Waals surface area contributed by atoms with E-state index in [1.165, 1.54) is 7.11 Å². The maximum atomic E-state index is 12.8. The molecule has 0 bridgehead atoms. The highest BCUT2D eigenvalue weighted by molar-refractivity contribution is 8.19. The van der Waals surface area contributed by atoms with Crippen molar-refractivity contribution in [1.29, 1.82) is 0 Å². The van der Waals surface area contributed by atoms with Crippen molar-refractivity contribution in [3.05, 3.63) is 58.0 Å². The van der Waals surface area contributed by atoms with E-state index < -0.39 is 17.1 Å². The van der Waals surface area contributed by atoms with E-state index in [1.807, 2.05) is 0 Å². The van der Waals surface area contributed by atoms with Crippen molar-refractivity contribution in [2.24, 2.45) is 0 Å². The highest BCUT2D eigenvalue weighted by atomic mass is 35.5. The van der Waals surface area contributed by atoms with E-state index in [2.05, 4.69) is 0 Å². The van der Waals surface area contributed by atoms with Crippen LogP contribution in [0.4, 0.5) is 10.5 Å². The van der Waals surface area contributed by atoms with E-state index >= 15 is 0 Å². The quantitative estimate of drug-likeness (QED) is 0.455. The van der Waals surface area contributed by atoms with Crippen molar-refractivity contribution in [2.75, 3.05) is 25.2 Å². The summed E-state index contributed by atoms with van der Waals surface area (Å²) in [5.41, 5.74) is 1.05. The number of hydrogen-bond donors (Lipinski definition) is 0. The molecule has 2 amide bonds. The third-order valence-corrected chi connectivity index (χ3v) is 5.14. The fourth-order valence-corrected chi connectivity index (χ4v) is 3.63. The van der Waals surface area contributed by atoms with Gasteiger partial charge in [-0.05, 0) is 66.7 Å². The molecule has 0 unspecified atom stereocenters. The molecule has 0 spiro atoms. The van der Waals surface area contributed by atoms with Crippen LogP contribution in [-0.4, -0.2) is 37.4 Å². The van der Waals surface area contributed by atoms with Gasteiger partial charge in [-0.1, -0.05) is 17.7 Å². The number of esters is 1. The van der Waals surface area contributed by atoms with Crippen molar-refractivity contribution in [3.8, 4) is 11.5 Å². The molecule has 1 aliphatic rings. The molecule has 0 aromatic heterocycles. The monoisotopic (exact) mass is 447 g/mol. The van der Waals surface area contributed by atoms with Crippen molar-refractivity contribution < 1.29 is 28.6 Å². The molecule has 1 saturated heterocycles. The highest BCUT2D eigenvalue weighted by Gasteiger charge is 2.36. The topological polar surface area (TPSA) is 82.1 Å². The van der Waals surface area contributed by atoms with Gasteiger partial charge >= 0.3 is 5.97 Å². The predicted molar refractivity (Wildman–Crippen MR) is 115 cm³/mol. The Morgan fingerprint density at radius 2 is 1.87 bits per heavy atom. The second-order valence-corrected chi connectivity index (χ2v) is 7.43. The molecule has 156 valence electrons. The molecule has 2 aromatic carbocycles. The Kier molecular flexibility index (Phi) is 7.02. The fraction of sp³-hybridized carbons (Fsp3) is 0.190. The summed E-state index contributed by atoms with van der Waals surface area (Å²) in [6.07, 6.45) is 1.58. The van der Waals surface area contributed by atoms with Crippen LogP contribution in [0.25, 0.3) is 6.08 Å². The summed E-state index contributed by atoms with van der Waals surface area (Å²) in [7, 11) is 1.48. The van der Waals surface area contributed by atoms with E-state index in [0.29, 0.717) is 27.8 Å². The number of ether oxygens (including phenoxy) is 3. The average Bonchev–Trinajstić information content (AvgIpc) is 3.00. The first-order chi connectivity index (χ1) is 14.4. The van der Waals surface area contributed by atoms with Crippen molar-refractivity contribution >= 4 is 52.2 Å². The minimum atomic E-state index is -0.506. The summed E-state index contributed by atoms with van der Waals surface area (Å²) in [5.74, 6) is -0.201. The molecule has 1 heterocycles. The standard InChI is InChI=1S/C21H18ClNO6S/c1-3-28-19(24)12-29-17-10-13(4-9-16(17)27-2)11-18-20(25)23(21(26)30-18)15-7-5-14(22)6-8-15/h4-11H,3,12H2,1-2H3/b18-11+. The van der Waals surface area contributed by atoms with Crippen LogP contribution < -0.4 is 14.4 Å². The molecule has 0 aliphatic carbocycles. The van der Waals surface area contributed by atoms with Crippen molar-refractivity contribution in [3.63, 3.8) is 0 Å². The van der Waals surface area contributed by atoms with Crippen LogP contribution >= 0.6 is 23.4 Å². The second-order valence-electron chi connectivity index (χ2n) is 6.00. The van der Waals surface area contributed by atoms with Gasteiger partial charge in [-0.3, -0.25) is 9.59 Å². The van der Waals surface area contributed by atoms with Gasteiger partial charge in [-0.15, -0.1) is 0 Å². The molecule has 9 heteroatoms. The van der Waals surface area contributed by atoms with E-state index in [9.17, 15) is 14.4 Å². The normalized spacial score (nSPS) is 14.9. The molecule has 0 radical (unpaired) electrons. The number of nitrogens with zero attached hydrogens (tertiary/aromatic N) is 1. The minimum absolute atomic E-state index is 0.253. The third-order valence-electron chi connectivity index (χ3n) is 4.01. The summed E-state index contributed by atoms with van der Waals surface area (Å²) in [4.78, 5) is 38.0. The Balaban J connectivity index is 1.83. The summed E-state index contributed by atoms with van der Waals surface area (Å²) in [5, 5.41) is 0.107. The number of carbonyl (C=O) groups excluding carboxylic acids is 3. The number of benzene rings is 2. The van der Waals surface area contributed by atoms with E-state index in [4.69, 9.17) is 25.8 Å². The van der Waals surface area contributed by atoms with Gasteiger partial charge in [0, 0.05) is 5.02 Å². The van der Waals surface area contributed by atoms with E-state index in [0.717, 1.165) is 16.7 Å². The zero-order chi connectivity index (χ0) is 21.7. The first-order valence-electron chi connectivity index (χ1n) is 8.93. The van der Waals surface area contributed by atoms with Crippen LogP contribution in [0.1, 0.15) is 12.5 Å².